The quantitative estimate of drug-likeness (QED) is 0.939. The van der Waals surface area contributed by atoms with Crippen molar-refractivity contribution in [3.8, 4) is 17.1 Å². The molecule has 0 spiro atoms. The van der Waals surface area contributed by atoms with Crippen LogP contribution < -0.4 is 10.1 Å². The molecule has 2 heterocycles. The summed E-state index contributed by atoms with van der Waals surface area (Å²) in [5, 5.41) is 3.36. The van der Waals surface area contributed by atoms with Crippen LogP contribution >= 0.6 is 0 Å². The lowest BCUT2D eigenvalue weighted by molar-refractivity contribution is 0.217. The maximum Gasteiger partial charge on any atom is 0.159 e. The van der Waals surface area contributed by atoms with Gasteiger partial charge in [-0.3, -0.25) is 0 Å². The normalized spacial score (nSPS) is 18.4. The van der Waals surface area contributed by atoms with Gasteiger partial charge >= 0.3 is 0 Å². The maximum atomic E-state index is 13.2. The summed E-state index contributed by atoms with van der Waals surface area (Å²) >= 11 is 0. The van der Waals surface area contributed by atoms with Crippen molar-refractivity contribution in [3.63, 3.8) is 0 Å². The minimum Gasteiger partial charge on any atom is -0.490 e. The third-order valence-corrected chi connectivity index (χ3v) is 3.60. The van der Waals surface area contributed by atoms with Gasteiger partial charge in [-0.25, -0.2) is 14.4 Å². The van der Waals surface area contributed by atoms with E-state index in [1.165, 1.54) is 25.0 Å². The molecule has 5 heteroatoms. The number of halogens is 1. The number of hydrogen-bond donors (Lipinski definition) is 1. The summed E-state index contributed by atoms with van der Waals surface area (Å²) in [7, 11) is 0. The number of nitrogens with one attached hydrogen (secondary N) is 1. The number of piperidine rings is 1. The summed E-state index contributed by atoms with van der Waals surface area (Å²) in [5.41, 5.74) is 0.665. The van der Waals surface area contributed by atoms with Gasteiger partial charge in [-0.05, 0) is 31.5 Å². The van der Waals surface area contributed by atoms with Gasteiger partial charge in [-0.2, -0.15) is 0 Å². The Bertz CT molecular complexity index is 582. The summed E-state index contributed by atoms with van der Waals surface area (Å²) < 4.78 is 18.9. The van der Waals surface area contributed by atoms with E-state index in [0.717, 1.165) is 13.1 Å². The molecule has 3 rings (SSSR count). The number of aromatic nitrogens is 2. The van der Waals surface area contributed by atoms with Crippen LogP contribution in [0.25, 0.3) is 11.4 Å². The van der Waals surface area contributed by atoms with Crippen LogP contribution in [0, 0.1) is 11.7 Å². The van der Waals surface area contributed by atoms with Gasteiger partial charge in [0.25, 0.3) is 0 Å². The molecular weight excluding hydrogens is 269 g/mol. The van der Waals surface area contributed by atoms with Gasteiger partial charge < -0.3 is 10.1 Å². The summed E-state index contributed by atoms with van der Waals surface area (Å²) in [6.07, 6.45) is 5.67. The first-order valence-electron chi connectivity index (χ1n) is 7.23. The molecule has 0 amide bonds. The molecule has 1 atom stereocenters. The first kappa shape index (κ1) is 13.9. The molecule has 1 unspecified atom stereocenters. The molecule has 0 aliphatic carbocycles. The molecule has 0 radical (unpaired) electrons. The number of nitrogens with zero attached hydrogens (tertiary/aromatic N) is 2. The van der Waals surface area contributed by atoms with E-state index in [-0.39, 0.29) is 5.82 Å². The second-order valence-corrected chi connectivity index (χ2v) is 5.28. The average molecular weight is 287 g/mol. The van der Waals surface area contributed by atoms with Crippen molar-refractivity contribution in [2.45, 2.75) is 12.8 Å². The van der Waals surface area contributed by atoms with Crippen molar-refractivity contribution in [2.75, 3.05) is 19.7 Å². The van der Waals surface area contributed by atoms with E-state index in [2.05, 4.69) is 15.3 Å². The van der Waals surface area contributed by atoms with Gasteiger partial charge in [0, 0.05) is 18.0 Å². The van der Waals surface area contributed by atoms with Gasteiger partial charge in [0.2, 0.25) is 0 Å². The van der Waals surface area contributed by atoms with Gasteiger partial charge in [0.1, 0.15) is 5.82 Å². The molecule has 1 aliphatic rings. The highest BCUT2D eigenvalue weighted by molar-refractivity contribution is 5.54. The number of benzene rings is 1. The fraction of sp³-hybridized carbons (Fsp3) is 0.375. The van der Waals surface area contributed by atoms with Gasteiger partial charge in [-0.15, -0.1) is 0 Å². The van der Waals surface area contributed by atoms with Crippen LogP contribution in [-0.2, 0) is 0 Å². The van der Waals surface area contributed by atoms with E-state index in [4.69, 9.17) is 4.74 Å². The van der Waals surface area contributed by atoms with Crippen LogP contribution in [0.1, 0.15) is 12.8 Å². The van der Waals surface area contributed by atoms with Crippen LogP contribution in [0.5, 0.6) is 5.75 Å². The molecule has 21 heavy (non-hydrogen) atoms. The van der Waals surface area contributed by atoms with E-state index in [1.54, 1.807) is 24.5 Å². The van der Waals surface area contributed by atoms with Crippen molar-refractivity contribution in [2.24, 2.45) is 5.92 Å². The highest BCUT2D eigenvalue weighted by Gasteiger charge is 2.13. The minimum absolute atomic E-state index is 0.291. The Labute approximate surface area is 123 Å². The largest absolute Gasteiger partial charge is 0.490 e. The molecule has 1 saturated heterocycles. The van der Waals surface area contributed by atoms with Crippen LogP contribution in [0.15, 0.2) is 36.7 Å². The first-order valence-corrected chi connectivity index (χ1v) is 7.23. The Morgan fingerprint density at radius 1 is 1.29 bits per heavy atom. The van der Waals surface area contributed by atoms with E-state index >= 15 is 0 Å². The highest BCUT2D eigenvalue weighted by atomic mass is 19.1. The maximum absolute atomic E-state index is 13.2. The molecular formula is C16H18FN3O. The Morgan fingerprint density at radius 3 is 2.86 bits per heavy atom. The summed E-state index contributed by atoms with van der Waals surface area (Å²) in [4.78, 5) is 8.47. The average Bonchev–Trinajstić information content (AvgIpc) is 2.54. The lowest BCUT2D eigenvalue weighted by atomic mass is 10.0. The minimum atomic E-state index is -0.291. The van der Waals surface area contributed by atoms with Crippen LogP contribution in [0.3, 0.4) is 0 Å². The number of rotatable bonds is 4. The molecule has 0 bridgehead atoms. The zero-order valence-corrected chi connectivity index (χ0v) is 11.8. The van der Waals surface area contributed by atoms with E-state index in [0.29, 0.717) is 29.7 Å². The smallest absolute Gasteiger partial charge is 0.159 e. The molecule has 1 fully saturated rings. The first-order chi connectivity index (χ1) is 10.3. The standard InChI is InChI=1S/C16H18FN3O/c17-14-5-1-4-13(7-14)16-19-9-15(10-20-16)21-11-12-3-2-6-18-8-12/h1,4-5,7,9-10,12,18H,2-3,6,8,11H2. The Morgan fingerprint density at radius 2 is 2.14 bits per heavy atom. The van der Waals surface area contributed by atoms with Gasteiger partial charge in [-0.1, -0.05) is 12.1 Å². The van der Waals surface area contributed by atoms with Crippen molar-refractivity contribution in [3.05, 3.63) is 42.5 Å². The summed E-state index contributed by atoms with van der Waals surface area (Å²) in [6.45, 7) is 2.78. The molecule has 0 saturated carbocycles. The Kier molecular flexibility index (Phi) is 4.40. The van der Waals surface area contributed by atoms with Crippen molar-refractivity contribution < 1.29 is 9.13 Å². The summed E-state index contributed by atoms with van der Waals surface area (Å²) in [5.74, 6) is 1.41. The number of ether oxygens (including phenoxy) is 1. The number of hydrogen-bond acceptors (Lipinski definition) is 4. The SMILES string of the molecule is Fc1cccc(-c2ncc(OCC3CCCNC3)cn2)c1. The molecule has 1 aliphatic heterocycles. The van der Waals surface area contributed by atoms with E-state index in [1.807, 2.05) is 0 Å². The lowest BCUT2D eigenvalue weighted by Gasteiger charge is -2.22. The van der Waals surface area contributed by atoms with Crippen molar-refractivity contribution in [1.29, 1.82) is 0 Å². The molecule has 1 aromatic carbocycles. The third kappa shape index (κ3) is 3.76. The van der Waals surface area contributed by atoms with Crippen LogP contribution in [0.2, 0.25) is 0 Å². The Balaban J connectivity index is 1.61. The predicted octanol–water partition coefficient (Wildman–Crippen LogP) is 2.66. The molecule has 1 N–H and O–H groups in total. The van der Waals surface area contributed by atoms with Crippen LogP contribution in [0.4, 0.5) is 4.39 Å². The van der Waals surface area contributed by atoms with Crippen molar-refractivity contribution in [1.82, 2.24) is 15.3 Å². The fourth-order valence-electron chi connectivity index (χ4n) is 2.45. The fourth-order valence-corrected chi connectivity index (χ4v) is 2.45. The molecule has 110 valence electrons. The van der Waals surface area contributed by atoms with Crippen LogP contribution in [-0.4, -0.2) is 29.7 Å². The zero-order valence-electron chi connectivity index (χ0n) is 11.8. The molecule has 2 aromatic rings. The zero-order chi connectivity index (χ0) is 14.5. The third-order valence-electron chi connectivity index (χ3n) is 3.60. The second-order valence-electron chi connectivity index (χ2n) is 5.28. The second kappa shape index (κ2) is 6.63. The lowest BCUT2D eigenvalue weighted by Crippen LogP contribution is -2.33. The van der Waals surface area contributed by atoms with Gasteiger partial charge in [0.05, 0.1) is 19.0 Å². The monoisotopic (exact) mass is 287 g/mol. The highest BCUT2D eigenvalue weighted by Crippen LogP contribution is 2.18. The topological polar surface area (TPSA) is 47.0 Å². The van der Waals surface area contributed by atoms with Crippen molar-refractivity contribution >= 4 is 0 Å². The van der Waals surface area contributed by atoms with E-state index in [9.17, 15) is 4.39 Å². The molecule has 4 nitrogen and oxygen atoms in total. The van der Waals surface area contributed by atoms with Gasteiger partial charge in [0.15, 0.2) is 11.6 Å². The Hall–Kier alpha value is -2.01. The summed E-state index contributed by atoms with van der Waals surface area (Å²) in [6, 6.07) is 6.25. The molecule has 1 aromatic heterocycles. The predicted molar refractivity (Wildman–Crippen MR) is 78.5 cm³/mol. The van der Waals surface area contributed by atoms with E-state index < -0.39 is 0 Å².